The molecule has 0 aromatic heterocycles. The zero-order valence-electron chi connectivity index (χ0n) is 5.50. The topological polar surface area (TPSA) is 26.0 Å². The molecule has 1 radical (unpaired) electrons. The first kappa shape index (κ1) is 8.07. The Morgan fingerprint density at radius 2 is 2.00 bits per heavy atom. The van der Waals surface area contributed by atoms with E-state index in [1.807, 2.05) is 0 Å². The molecule has 0 heterocycles. The predicted octanol–water partition coefficient (Wildman–Crippen LogP) is 1.36. The first-order chi connectivity index (χ1) is 5.16. The van der Waals surface area contributed by atoms with Crippen LogP contribution < -0.4 is 5.73 Å². The number of benzene rings is 1. The molecule has 2 N–H and O–H groups in total. The van der Waals surface area contributed by atoms with Crippen molar-refractivity contribution in [2.75, 3.05) is 0 Å². The van der Waals surface area contributed by atoms with Crippen molar-refractivity contribution in [2.24, 2.45) is 5.73 Å². The van der Waals surface area contributed by atoms with Gasteiger partial charge in [-0.2, -0.15) is 0 Å². The van der Waals surface area contributed by atoms with Gasteiger partial charge in [0, 0.05) is 18.2 Å². The summed E-state index contributed by atoms with van der Waals surface area (Å²) in [4.78, 5) is 0. The lowest BCUT2D eigenvalue weighted by Gasteiger charge is -2.00. The van der Waals surface area contributed by atoms with Gasteiger partial charge in [0.15, 0.2) is 11.6 Å². The molecule has 0 amide bonds. The van der Waals surface area contributed by atoms with Crippen LogP contribution in [0.4, 0.5) is 13.2 Å². The molecule has 0 saturated carbocycles. The van der Waals surface area contributed by atoms with Crippen LogP contribution in [-0.2, 0) is 6.54 Å². The van der Waals surface area contributed by atoms with Crippen molar-refractivity contribution < 1.29 is 13.2 Å². The van der Waals surface area contributed by atoms with Crippen LogP contribution >= 0.6 is 0 Å². The number of rotatable bonds is 1. The van der Waals surface area contributed by atoms with E-state index in [4.69, 9.17) is 5.73 Å². The Balaban J connectivity index is 3.29. The summed E-state index contributed by atoms with van der Waals surface area (Å²) in [6, 6.07) is 2.49. The van der Waals surface area contributed by atoms with Crippen molar-refractivity contribution in [3.63, 3.8) is 0 Å². The zero-order chi connectivity index (χ0) is 8.43. The first-order valence-electron chi connectivity index (χ1n) is 2.91. The summed E-state index contributed by atoms with van der Waals surface area (Å²) in [6.07, 6.45) is 0. The smallest absolute Gasteiger partial charge is 0.167 e. The van der Waals surface area contributed by atoms with Gasteiger partial charge in [0.1, 0.15) is 5.82 Å². The fourth-order valence-corrected chi connectivity index (χ4v) is 0.702. The third-order valence-corrected chi connectivity index (χ3v) is 1.28. The minimum Gasteiger partial charge on any atom is -0.326 e. The van der Waals surface area contributed by atoms with E-state index >= 15 is 0 Å². The highest BCUT2D eigenvalue weighted by atomic mass is 19.2. The van der Waals surface area contributed by atoms with Gasteiger partial charge in [0.25, 0.3) is 0 Å². The van der Waals surface area contributed by atoms with Crippen LogP contribution in [0.3, 0.4) is 0 Å². The van der Waals surface area contributed by atoms with Crippen LogP contribution in [0.25, 0.3) is 0 Å². The van der Waals surface area contributed by atoms with Gasteiger partial charge in [-0.05, 0) is 6.07 Å². The van der Waals surface area contributed by atoms with Crippen LogP contribution in [0.5, 0.6) is 0 Å². The SMILES string of the molecule is NCc1c(F)c[c]c(F)c1F. The Kier molecular flexibility index (Phi) is 2.14. The number of nitrogens with two attached hydrogens (primary N) is 1. The highest BCUT2D eigenvalue weighted by Crippen LogP contribution is 2.13. The van der Waals surface area contributed by atoms with Crippen LogP contribution in [0, 0.1) is 23.5 Å². The average Bonchev–Trinajstić information content (AvgIpc) is 1.99. The zero-order valence-corrected chi connectivity index (χ0v) is 5.50. The summed E-state index contributed by atoms with van der Waals surface area (Å²) < 4.78 is 37.3. The molecule has 1 aromatic rings. The van der Waals surface area contributed by atoms with E-state index in [-0.39, 0.29) is 6.54 Å². The van der Waals surface area contributed by atoms with Crippen LogP contribution in [-0.4, -0.2) is 0 Å². The molecular formula is C7H5F3N. The second kappa shape index (κ2) is 2.92. The molecule has 0 bridgehead atoms. The summed E-state index contributed by atoms with van der Waals surface area (Å²) in [5, 5.41) is 0. The van der Waals surface area contributed by atoms with E-state index in [2.05, 4.69) is 0 Å². The lowest BCUT2D eigenvalue weighted by molar-refractivity contribution is 0.478. The van der Waals surface area contributed by atoms with Gasteiger partial charge in [-0.25, -0.2) is 13.2 Å². The third kappa shape index (κ3) is 1.35. The largest absolute Gasteiger partial charge is 0.326 e. The van der Waals surface area contributed by atoms with Gasteiger partial charge in [-0.15, -0.1) is 0 Å². The van der Waals surface area contributed by atoms with Gasteiger partial charge in [-0.1, -0.05) is 0 Å². The molecule has 0 unspecified atom stereocenters. The summed E-state index contributed by atoms with van der Waals surface area (Å²) in [5.41, 5.74) is 4.52. The molecule has 1 rings (SSSR count). The highest BCUT2D eigenvalue weighted by Gasteiger charge is 2.11. The second-order valence-corrected chi connectivity index (χ2v) is 1.95. The van der Waals surface area contributed by atoms with Crippen molar-refractivity contribution in [2.45, 2.75) is 6.54 Å². The highest BCUT2D eigenvalue weighted by molar-refractivity contribution is 5.19. The summed E-state index contributed by atoms with van der Waals surface area (Å²) in [6.45, 7) is -0.358. The standard InChI is InChI=1S/C7H5F3N/c8-5-1-2-6(9)7(10)4(5)3-11/h1H,3,11H2. The lowest BCUT2D eigenvalue weighted by atomic mass is 10.2. The normalized spacial score (nSPS) is 10.2. The molecule has 0 aliphatic rings. The van der Waals surface area contributed by atoms with E-state index in [1.54, 1.807) is 6.07 Å². The molecule has 1 aromatic carbocycles. The van der Waals surface area contributed by atoms with Crippen molar-refractivity contribution in [3.05, 3.63) is 35.1 Å². The van der Waals surface area contributed by atoms with Crippen molar-refractivity contribution >= 4 is 0 Å². The van der Waals surface area contributed by atoms with E-state index in [1.165, 1.54) is 0 Å². The second-order valence-electron chi connectivity index (χ2n) is 1.95. The molecular weight excluding hydrogens is 155 g/mol. The lowest BCUT2D eigenvalue weighted by Crippen LogP contribution is -2.05. The molecule has 0 fully saturated rings. The van der Waals surface area contributed by atoms with Gasteiger partial charge in [0.05, 0.1) is 0 Å². The summed E-state index contributed by atoms with van der Waals surface area (Å²) in [7, 11) is 0. The molecule has 59 valence electrons. The van der Waals surface area contributed by atoms with Gasteiger partial charge in [-0.3, -0.25) is 0 Å². The first-order valence-corrected chi connectivity index (χ1v) is 2.91. The number of hydrogen-bond donors (Lipinski definition) is 1. The monoisotopic (exact) mass is 160 g/mol. The predicted molar refractivity (Wildman–Crippen MR) is 33.0 cm³/mol. The Labute approximate surface area is 61.6 Å². The van der Waals surface area contributed by atoms with Gasteiger partial charge >= 0.3 is 0 Å². The van der Waals surface area contributed by atoms with E-state index in [9.17, 15) is 13.2 Å². The molecule has 0 atom stereocenters. The number of halogens is 3. The van der Waals surface area contributed by atoms with E-state index in [0.29, 0.717) is 0 Å². The maximum absolute atomic E-state index is 12.5. The minimum absolute atomic E-state index is 0.358. The number of hydrogen-bond acceptors (Lipinski definition) is 1. The molecule has 11 heavy (non-hydrogen) atoms. The van der Waals surface area contributed by atoms with E-state index in [0.717, 1.165) is 6.07 Å². The van der Waals surface area contributed by atoms with E-state index < -0.39 is 23.0 Å². The molecule has 0 saturated heterocycles. The van der Waals surface area contributed by atoms with Crippen molar-refractivity contribution in [3.8, 4) is 0 Å². The molecule has 0 aliphatic heterocycles. The summed E-state index contributed by atoms with van der Waals surface area (Å²) in [5.74, 6) is -3.33. The summed E-state index contributed by atoms with van der Waals surface area (Å²) >= 11 is 0. The van der Waals surface area contributed by atoms with Crippen LogP contribution in [0.1, 0.15) is 5.56 Å². The van der Waals surface area contributed by atoms with Crippen LogP contribution in [0.15, 0.2) is 6.07 Å². The molecule has 0 aliphatic carbocycles. The molecule has 4 heteroatoms. The molecule has 0 spiro atoms. The van der Waals surface area contributed by atoms with Gasteiger partial charge < -0.3 is 5.73 Å². The fourth-order valence-electron chi connectivity index (χ4n) is 0.702. The quantitative estimate of drug-likeness (QED) is 0.617. The van der Waals surface area contributed by atoms with Crippen LogP contribution in [0.2, 0.25) is 0 Å². The fraction of sp³-hybridized carbons (Fsp3) is 0.143. The average molecular weight is 160 g/mol. The van der Waals surface area contributed by atoms with Gasteiger partial charge in [0.2, 0.25) is 0 Å². The maximum Gasteiger partial charge on any atom is 0.167 e. The third-order valence-electron chi connectivity index (χ3n) is 1.28. The molecule has 1 nitrogen and oxygen atoms in total. The Morgan fingerprint density at radius 3 is 2.45 bits per heavy atom. The van der Waals surface area contributed by atoms with Crippen molar-refractivity contribution in [1.82, 2.24) is 0 Å². The maximum atomic E-state index is 12.5. The Morgan fingerprint density at radius 1 is 1.36 bits per heavy atom. The Bertz CT molecular complexity index is 273. The Hall–Kier alpha value is -1.03. The minimum atomic E-state index is -1.26. The van der Waals surface area contributed by atoms with Crippen molar-refractivity contribution in [1.29, 1.82) is 0 Å².